The number of rotatable bonds is 7. The van der Waals surface area contributed by atoms with Gasteiger partial charge in [-0.1, -0.05) is 23.7 Å². The van der Waals surface area contributed by atoms with Gasteiger partial charge < -0.3 is 19.9 Å². The Bertz CT molecular complexity index is 1290. The highest BCUT2D eigenvalue weighted by Gasteiger charge is 2.31. The van der Waals surface area contributed by atoms with Crippen LogP contribution in [0.4, 0.5) is 11.4 Å². The largest absolute Gasteiger partial charge is 0.486 e. The van der Waals surface area contributed by atoms with E-state index in [1.807, 2.05) is 66.2 Å². The molecule has 1 amide bonds. The highest BCUT2D eigenvalue weighted by Crippen LogP contribution is 2.36. The van der Waals surface area contributed by atoms with E-state index in [1.54, 1.807) is 24.8 Å². The summed E-state index contributed by atoms with van der Waals surface area (Å²) in [6.07, 6.45) is 7.69. The highest BCUT2D eigenvalue weighted by atomic mass is 35.5. The van der Waals surface area contributed by atoms with Crippen LogP contribution in [0.15, 0.2) is 79.5 Å². The first-order valence-corrected chi connectivity index (χ1v) is 11.5. The van der Waals surface area contributed by atoms with Gasteiger partial charge in [0.2, 0.25) is 5.91 Å². The molecule has 0 spiro atoms. The summed E-state index contributed by atoms with van der Waals surface area (Å²) in [6.45, 7) is 2.32. The smallest absolute Gasteiger partial charge is 0.229 e. The number of hydrogen-bond donors (Lipinski definition) is 2. The number of ether oxygens (including phenoxy) is 1. The predicted octanol–water partition coefficient (Wildman–Crippen LogP) is 5.11. The van der Waals surface area contributed by atoms with Crippen molar-refractivity contribution in [2.75, 3.05) is 10.6 Å². The molecule has 0 saturated carbocycles. The average molecular weight is 474 g/mol. The molecule has 8 heteroatoms. The van der Waals surface area contributed by atoms with Crippen LogP contribution in [0.3, 0.4) is 0 Å². The normalized spacial score (nSPS) is 15.8. The van der Waals surface area contributed by atoms with Crippen molar-refractivity contribution >= 4 is 28.9 Å². The van der Waals surface area contributed by atoms with E-state index in [4.69, 9.17) is 16.3 Å². The number of amides is 1. The van der Waals surface area contributed by atoms with Gasteiger partial charge in [0.15, 0.2) is 0 Å². The van der Waals surface area contributed by atoms with Crippen molar-refractivity contribution in [3.63, 3.8) is 0 Å². The lowest BCUT2D eigenvalue weighted by molar-refractivity contribution is -0.120. The van der Waals surface area contributed by atoms with Crippen LogP contribution in [0.5, 0.6) is 5.75 Å². The number of aromatic nitrogens is 3. The van der Waals surface area contributed by atoms with Crippen molar-refractivity contribution in [2.24, 2.45) is 5.92 Å². The second-order valence-electron chi connectivity index (χ2n) is 8.30. The van der Waals surface area contributed by atoms with Crippen molar-refractivity contribution in [3.8, 4) is 11.4 Å². The molecule has 2 atom stereocenters. The second kappa shape index (κ2) is 9.57. The van der Waals surface area contributed by atoms with Crippen LogP contribution in [-0.4, -0.2) is 26.5 Å². The number of benzene rings is 2. The second-order valence-corrected chi connectivity index (χ2v) is 8.71. The fourth-order valence-electron chi connectivity index (χ4n) is 4.12. The number of halogens is 1. The molecule has 0 saturated heterocycles. The van der Waals surface area contributed by atoms with Crippen LogP contribution in [0.1, 0.15) is 18.2 Å². The van der Waals surface area contributed by atoms with Crippen molar-refractivity contribution in [2.45, 2.75) is 26.0 Å². The molecular weight excluding hydrogens is 450 g/mol. The Morgan fingerprint density at radius 1 is 1.21 bits per heavy atom. The fraction of sp³-hybridized carbons (Fsp3) is 0.192. The summed E-state index contributed by atoms with van der Waals surface area (Å²) < 4.78 is 7.79. The fourth-order valence-corrected chi connectivity index (χ4v) is 4.36. The molecular formula is C26H24ClN5O2. The SMILES string of the molecule is C[C@H](Nc1cccc(-n2ccnc2)c1)C1Cc2cc(Cl)c(OCc3ccccn3)cc2NC1=O. The van der Waals surface area contributed by atoms with Gasteiger partial charge in [0.1, 0.15) is 12.4 Å². The summed E-state index contributed by atoms with van der Waals surface area (Å²) in [7, 11) is 0. The van der Waals surface area contributed by atoms with Gasteiger partial charge in [0.25, 0.3) is 0 Å². The monoisotopic (exact) mass is 473 g/mol. The van der Waals surface area contributed by atoms with Crippen LogP contribution in [-0.2, 0) is 17.8 Å². The molecule has 34 heavy (non-hydrogen) atoms. The van der Waals surface area contributed by atoms with E-state index in [0.29, 0.717) is 23.8 Å². The summed E-state index contributed by atoms with van der Waals surface area (Å²) in [5, 5.41) is 7.02. The van der Waals surface area contributed by atoms with Crippen molar-refractivity contribution in [1.82, 2.24) is 14.5 Å². The lowest BCUT2D eigenvalue weighted by Crippen LogP contribution is -2.40. The molecule has 7 nitrogen and oxygen atoms in total. The quantitative estimate of drug-likeness (QED) is 0.390. The van der Waals surface area contributed by atoms with Crippen LogP contribution in [0, 0.1) is 5.92 Å². The first-order chi connectivity index (χ1) is 16.6. The maximum atomic E-state index is 13.0. The average Bonchev–Trinajstić information content (AvgIpc) is 3.39. The number of nitrogens with one attached hydrogen (secondary N) is 2. The molecule has 0 bridgehead atoms. The number of fused-ring (bicyclic) bond motifs is 1. The number of imidazole rings is 1. The summed E-state index contributed by atoms with van der Waals surface area (Å²) in [4.78, 5) is 21.3. The molecule has 1 aliphatic heterocycles. The van der Waals surface area contributed by atoms with E-state index in [0.717, 1.165) is 28.3 Å². The summed E-state index contributed by atoms with van der Waals surface area (Å²) in [5.74, 6) is 0.240. The van der Waals surface area contributed by atoms with Gasteiger partial charge in [0, 0.05) is 47.8 Å². The van der Waals surface area contributed by atoms with E-state index < -0.39 is 0 Å². The molecule has 172 valence electrons. The van der Waals surface area contributed by atoms with Crippen molar-refractivity contribution < 1.29 is 9.53 Å². The van der Waals surface area contributed by atoms with Crippen LogP contribution in [0.25, 0.3) is 5.69 Å². The number of nitrogens with zero attached hydrogens (tertiary/aromatic N) is 3. The van der Waals surface area contributed by atoms with Gasteiger partial charge in [-0.3, -0.25) is 9.78 Å². The zero-order chi connectivity index (χ0) is 23.5. The van der Waals surface area contributed by atoms with E-state index in [2.05, 4.69) is 20.6 Å². The molecule has 0 radical (unpaired) electrons. The third kappa shape index (κ3) is 4.75. The van der Waals surface area contributed by atoms with Gasteiger partial charge in [-0.2, -0.15) is 0 Å². The van der Waals surface area contributed by atoms with E-state index >= 15 is 0 Å². The maximum absolute atomic E-state index is 13.0. The number of anilines is 2. The molecule has 1 unspecified atom stereocenters. The highest BCUT2D eigenvalue weighted by molar-refractivity contribution is 6.32. The minimum Gasteiger partial charge on any atom is -0.486 e. The molecule has 0 fully saturated rings. The van der Waals surface area contributed by atoms with Gasteiger partial charge in [0.05, 0.1) is 23.0 Å². The molecule has 4 aromatic rings. The van der Waals surface area contributed by atoms with Gasteiger partial charge >= 0.3 is 0 Å². The Balaban J connectivity index is 1.28. The summed E-state index contributed by atoms with van der Waals surface area (Å²) in [5.41, 5.74) is 4.46. The Kier molecular flexibility index (Phi) is 6.18. The van der Waals surface area contributed by atoms with E-state index in [-0.39, 0.29) is 17.9 Å². The standard InChI is InChI=1S/C26H24ClN5O2/c1-17(30-19-6-4-7-21(13-19)32-10-9-28-16-32)22-11-18-12-23(27)25(14-24(18)31-26(22)33)34-15-20-5-2-3-8-29-20/h2-10,12-14,16-17,22,30H,11,15H2,1H3,(H,31,33)/t17-,22?/m0/s1. The number of carbonyl (C=O) groups is 1. The van der Waals surface area contributed by atoms with Gasteiger partial charge in [-0.05, 0) is 55.3 Å². The van der Waals surface area contributed by atoms with Crippen molar-refractivity contribution in [3.05, 3.63) is 95.8 Å². The lowest BCUT2D eigenvalue weighted by atomic mass is 9.88. The third-order valence-corrected chi connectivity index (χ3v) is 6.24. The minimum absolute atomic E-state index is 0.0312. The van der Waals surface area contributed by atoms with E-state index in [9.17, 15) is 4.79 Å². The molecule has 2 N–H and O–H groups in total. The molecule has 2 aromatic heterocycles. The number of hydrogen-bond acceptors (Lipinski definition) is 5. The Hall–Kier alpha value is -3.84. The minimum atomic E-state index is -0.249. The number of pyridine rings is 1. The Morgan fingerprint density at radius 3 is 2.91 bits per heavy atom. The van der Waals surface area contributed by atoms with Crippen molar-refractivity contribution in [1.29, 1.82) is 0 Å². The molecule has 2 aromatic carbocycles. The zero-order valence-corrected chi connectivity index (χ0v) is 19.4. The number of carbonyl (C=O) groups excluding carboxylic acids is 1. The van der Waals surface area contributed by atoms with Gasteiger partial charge in [-0.15, -0.1) is 0 Å². The first kappa shape index (κ1) is 22.0. The first-order valence-electron chi connectivity index (χ1n) is 11.1. The van der Waals surface area contributed by atoms with Gasteiger partial charge in [-0.25, -0.2) is 4.98 Å². The molecule has 3 heterocycles. The molecule has 0 aliphatic carbocycles. The summed E-state index contributed by atoms with van der Waals surface area (Å²) >= 11 is 6.51. The Morgan fingerprint density at radius 2 is 2.12 bits per heavy atom. The third-order valence-electron chi connectivity index (χ3n) is 5.94. The lowest BCUT2D eigenvalue weighted by Gasteiger charge is -2.30. The molecule has 1 aliphatic rings. The zero-order valence-electron chi connectivity index (χ0n) is 18.6. The van der Waals surface area contributed by atoms with Crippen LogP contribution < -0.4 is 15.4 Å². The van der Waals surface area contributed by atoms with E-state index in [1.165, 1.54) is 0 Å². The van der Waals surface area contributed by atoms with Crippen LogP contribution >= 0.6 is 11.6 Å². The maximum Gasteiger partial charge on any atom is 0.229 e. The topological polar surface area (TPSA) is 81.1 Å². The predicted molar refractivity (Wildman–Crippen MR) is 132 cm³/mol. The van der Waals surface area contributed by atoms with Crippen LogP contribution in [0.2, 0.25) is 5.02 Å². The Labute approximate surface area is 202 Å². The molecule has 5 rings (SSSR count). The summed E-state index contributed by atoms with van der Waals surface area (Å²) in [6, 6.07) is 17.2.